The molecule has 1 aromatic rings. The first-order valence-corrected chi connectivity index (χ1v) is 6.66. The summed E-state index contributed by atoms with van der Waals surface area (Å²) in [6.45, 7) is 9.06. The van der Waals surface area contributed by atoms with Crippen LogP contribution in [-0.4, -0.2) is 24.3 Å². The molecular weight excluding hydrogens is 226 g/mol. The molecule has 0 N–H and O–H groups in total. The molecule has 0 radical (unpaired) electrons. The Balaban J connectivity index is 1.99. The van der Waals surface area contributed by atoms with E-state index in [1.807, 2.05) is 12.1 Å². The second-order valence-corrected chi connectivity index (χ2v) is 5.06. The lowest BCUT2D eigenvalue weighted by Gasteiger charge is -2.18. The highest BCUT2D eigenvalue weighted by molar-refractivity contribution is 5.30. The van der Waals surface area contributed by atoms with Gasteiger partial charge in [-0.15, -0.1) is 0 Å². The molecule has 3 heteroatoms. The molecule has 1 aliphatic heterocycles. The third-order valence-corrected chi connectivity index (χ3v) is 3.22. The van der Waals surface area contributed by atoms with Gasteiger partial charge in [-0.25, -0.2) is 4.84 Å². The van der Waals surface area contributed by atoms with Crippen molar-refractivity contribution in [2.45, 2.75) is 45.3 Å². The molecule has 2 rings (SSSR count). The molecular formula is C15H22NO2+. The highest BCUT2D eigenvalue weighted by atomic mass is 16.7. The van der Waals surface area contributed by atoms with Crippen molar-refractivity contribution in [3.8, 4) is 5.75 Å². The number of hydroxylamine groups is 1. The lowest BCUT2D eigenvalue weighted by molar-refractivity contribution is -0.793. The number of ether oxygens (including phenoxy) is 1. The van der Waals surface area contributed by atoms with Crippen LogP contribution in [-0.2, 0) is 4.74 Å². The maximum Gasteiger partial charge on any atom is 0.305 e. The van der Waals surface area contributed by atoms with E-state index in [9.17, 15) is 0 Å². The fourth-order valence-corrected chi connectivity index (χ4v) is 2.08. The molecule has 0 aliphatic carbocycles. The minimum atomic E-state index is -0.0264. The van der Waals surface area contributed by atoms with Crippen LogP contribution >= 0.6 is 0 Å². The Bertz CT molecular complexity index is 409. The van der Waals surface area contributed by atoms with Gasteiger partial charge in [0.05, 0.1) is 6.61 Å². The molecule has 1 saturated heterocycles. The van der Waals surface area contributed by atoms with E-state index in [0.29, 0.717) is 5.92 Å². The van der Waals surface area contributed by atoms with Crippen molar-refractivity contribution in [2.75, 3.05) is 6.61 Å². The minimum absolute atomic E-state index is 0.0264. The van der Waals surface area contributed by atoms with Crippen molar-refractivity contribution in [1.29, 1.82) is 0 Å². The number of benzene rings is 1. The van der Waals surface area contributed by atoms with Gasteiger partial charge in [0.2, 0.25) is 5.75 Å². The molecule has 98 valence electrons. The minimum Gasteiger partial charge on any atom is -0.318 e. The fourth-order valence-electron chi connectivity index (χ4n) is 2.08. The molecule has 0 saturated carbocycles. The smallest absolute Gasteiger partial charge is 0.305 e. The maximum atomic E-state index is 5.74. The third-order valence-electron chi connectivity index (χ3n) is 3.22. The molecule has 0 amide bonds. The van der Waals surface area contributed by atoms with Crippen LogP contribution in [0.3, 0.4) is 0 Å². The summed E-state index contributed by atoms with van der Waals surface area (Å²) < 4.78 is 7.21. The zero-order valence-electron chi connectivity index (χ0n) is 11.3. The Morgan fingerprint density at radius 3 is 2.89 bits per heavy atom. The van der Waals surface area contributed by atoms with Crippen molar-refractivity contribution in [1.82, 2.24) is 0 Å². The average Bonchev–Trinajstić information content (AvgIpc) is 2.40. The predicted octanol–water partition coefficient (Wildman–Crippen LogP) is 3.34. The third kappa shape index (κ3) is 3.33. The van der Waals surface area contributed by atoms with Crippen molar-refractivity contribution in [3.63, 3.8) is 0 Å². The van der Waals surface area contributed by atoms with E-state index in [-0.39, 0.29) is 6.23 Å². The summed E-state index contributed by atoms with van der Waals surface area (Å²) in [6.07, 6.45) is 3.26. The van der Waals surface area contributed by atoms with Crippen molar-refractivity contribution >= 4 is 6.72 Å². The highest BCUT2D eigenvalue weighted by Crippen LogP contribution is 2.21. The summed E-state index contributed by atoms with van der Waals surface area (Å²) in [5.74, 6) is 1.32. The van der Waals surface area contributed by atoms with Gasteiger partial charge in [0.25, 0.3) is 0 Å². The lowest BCUT2D eigenvalue weighted by Crippen LogP contribution is -2.33. The maximum absolute atomic E-state index is 5.74. The van der Waals surface area contributed by atoms with E-state index in [1.54, 1.807) is 4.74 Å². The number of hydrogen-bond acceptors (Lipinski definition) is 2. The zero-order valence-corrected chi connectivity index (χ0v) is 11.3. The van der Waals surface area contributed by atoms with Crippen LogP contribution in [0.5, 0.6) is 5.75 Å². The van der Waals surface area contributed by atoms with Gasteiger partial charge in [0, 0.05) is 11.2 Å². The Morgan fingerprint density at radius 2 is 2.22 bits per heavy atom. The molecule has 0 spiro atoms. The van der Waals surface area contributed by atoms with E-state index < -0.39 is 0 Å². The largest absolute Gasteiger partial charge is 0.318 e. The van der Waals surface area contributed by atoms with Gasteiger partial charge in [-0.05, 0) is 36.5 Å². The molecule has 1 unspecified atom stereocenters. The molecule has 0 bridgehead atoms. The van der Waals surface area contributed by atoms with Crippen molar-refractivity contribution in [3.05, 3.63) is 29.8 Å². The summed E-state index contributed by atoms with van der Waals surface area (Å²) in [5.41, 5.74) is 1.27. The fraction of sp³-hybridized carbons (Fsp3) is 0.533. The molecule has 3 nitrogen and oxygen atoms in total. The SMILES string of the molecule is C=[N+](Oc1cccc(C(C)C)c1)C1CCCCO1. The van der Waals surface area contributed by atoms with Crippen LogP contribution < -0.4 is 4.84 Å². The van der Waals surface area contributed by atoms with Crippen molar-refractivity contribution < 1.29 is 14.3 Å². The monoisotopic (exact) mass is 248 g/mol. The van der Waals surface area contributed by atoms with Gasteiger partial charge in [0.1, 0.15) is 0 Å². The normalized spacial score (nSPS) is 19.8. The van der Waals surface area contributed by atoms with Crippen LogP contribution in [0.2, 0.25) is 0 Å². The molecule has 1 atom stereocenters. The summed E-state index contributed by atoms with van der Waals surface area (Å²) in [7, 11) is 0. The number of rotatable bonds is 4. The van der Waals surface area contributed by atoms with E-state index >= 15 is 0 Å². The second kappa shape index (κ2) is 6.01. The molecule has 0 aromatic heterocycles. The topological polar surface area (TPSA) is 21.5 Å². The Kier molecular flexibility index (Phi) is 4.37. The van der Waals surface area contributed by atoms with Gasteiger partial charge in [-0.2, -0.15) is 0 Å². The van der Waals surface area contributed by atoms with Gasteiger partial charge >= 0.3 is 6.23 Å². The Labute approximate surface area is 109 Å². The average molecular weight is 248 g/mol. The molecule has 1 fully saturated rings. The Morgan fingerprint density at radius 1 is 1.39 bits per heavy atom. The van der Waals surface area contributed by atoms with E-state index in [4.69, 9.17) is 9.57 Å². The van der Waals surface area contributed by atoms with Gasteiger partial charge in [0.15, 0.2) is 6.72 Å². The first-order chi connectivity index (χ1) is 8.66. The first kappa shape index (κ1) is 13.1. The summed E-state index contributed by atoms with van der Waals surface area (Å²) in [4.78, 5) is 5.74. The Hall–Kier alpha value is -1.35. The van der Waals surface area contributed by atoms with Crippen LogP contribution in [0.15, 0.2) is 24.3 Å². The van der Waals surface area contributed by atoms with Crippen molar-refractivity contribution in [2.24, 2.45) is 0 Å². The molecule has 1 aliphatic rings. The molecule has 1 aromatic carbocycles. The van der Waals surface area contributed by atoms with Crippen LogP contribution in [0.4, 0.5) is 0 Å². The highest BCUT2D eigenvalue weighted by Gasteiger charge is 2.25. The van der Waals surface area contributed by atoms with E-state index in [0.717, 1.165) is 25.2 Å². The summed E-state index contributed by atoms with van der Waals surface area (Å²) in [6, 6.07) is 8.14. The second-order valence-electron chi connectivity index (χ2n) is 5.06. The van der Waals surface area contributed by atoms with Crippen LogP contribution in [0, 0.1) is 0 Å². The summed E-state index contributed by atoms with van der Waals surface area (Å²) in [5, 5.41) is 0. The number of nitrogens with zero attached hydrogens (tertiary/aromatic N) is 1. The quantitative estimate of drug-likeness (QED) is 0.463. The zero-order chi connectivity index (χ0) is 13.0. The van der Waals surface area contributed by atoms with Gasteiger partial charge in [-0.3, -0.25) is 0 Å². The molecule has 1 heterocycles. The van der Waals surface area contributed by atoms with E-state index in [2.05, 4.69) is 32.7 Å². The van der Waals surface area contributed by atoms with Gasteiger partial charge < -0.3 is 4.74 Å². The summed E-state index contributed by atoms with van der Waals surface area (Å²) >= 11 is 0. The standard InChI is InChI=1S/C15H22NO2/c1-12(2)13-7-6-8-14(11-13)18-16(3)15-9-4-5-10-17-15/h6-8,11-12,15H,3-5,9-10H2,1-2H3/q+1. The first-order valence-electron chi connectivity index (χ1n) is 6.66. The predicted molar refractivity (Wildman–Crippen MR) is 72.1 cm³/mol. The van der Waals surface area contributed by atoms with Crippen LogP contribution in [0.25, 0.3) is 0 Å². The number of hydrogen-bond donors (Lipinski definition) is 0. The van der Waals surface area contributed by atoms with Crippen LogP contribution in [0.1, 0.15) is 44.6 Å². The van der Waals surface area contributed by atoms with Gasteiger partial charge in [-0.1, -0.05) is 26.0 Å². The van der Waals surface area contributed by atoms with E-state index in [1.165, 1.54) is 12.0 Å². The lowest BCUT2D eigenvalue weighted by atomic mass is 10.0. The molecule has 18 heavy (non-hydrogen) atoms.